The third-order valence-electron chi connectivity index (χ3n) is 2.54. The SMILES string of the molecule is CCC/C=C(\C)N(C)[C@@H](C)CC. The van der Waals surface area contributed by atoms with Crippen LogP contribution in [0.25, 0.3) is 0 Å². The highest BCUT2D eigenvalue weighted by atomic mass is 15.1. The molecule has 0 bridgehead atoms. The van der Waals surface area contributed by atoms with Crippen molar-refractivity contribution in [1.82, 2.24) is 4.90 Å². The Hall–Kier alpha value is -0.460. The first-order valence-electron chi connectivity index (χ1n) is 5.03. The molecule has 0 aliphatic rings. The molecule has 0 rings (SSSR count). The number of hydrogen-bond acceptors (Lipinski definition) is 1. The minimum absolute atomic E-state index is 0.665. The molecule has 0 aromatic carbocycles. The molecule has 0 N–H and O–H groups in total. The summed E-state index contributed by atoms with van der Waals surface area (Å²) >= 11 is 0. The summed E-state index contributed by atoms with van der Waals surface area (Å²) in [4.78, 5) is 2.36. The van der Waals surface area contributed by atoms with E-state index in [1.807, 2.05) is 0 Å². The topological polar surface area (TPSA) is 3.24 Å². The van der Waals surface area contributed by atoms with Crippen molar-refractivity contribution in [3.63, 3.8) is 0 Å². The molecule has 1 heteroatoms. The Labute approximate surface area is 77.5 Å². The quantitative estimate of drug-likeness (QED) is 0.609. The zero-order valence-corrected chi connectivity index (χ0v) is 9.22. The predicted molar refractivity (Wildman–Crippen MR) is 56.2 cm³/mol. The average molecular weight is 169 g/mol. The van der Waals surface area contributed by atoms with E-state index >= 15 is 0 Å². The van der Waals surface area contributed by atoms with Gasteiger partial charge in [0, 0.05) is 18.8 Å². The first-order chi connectivity index (χ1) is 5.63. The smallest absolute Gasteiger partial charge is 0.0252 e. The first kappa shape index (κ1) is 11.5. The summed E-state index contributed by atoms with van der Waals surface area (Å²) < 4.78 is 0. The summed E-state index contributed by atoms with van der Waals surface area (Å²) in [5.41, 5.74) is 1.41. The fourth-order valence-corrected chi connectivity index (χ4v) is 1.12. The maximum Gasteiger partial charge on any atom is 0.0252 e. The van der Waals surface area contributed by atoms with Crippen molar-refractivity contribution < 1.29 is 0 Å². The molecule has 0 fully saturated rings. The monoisotopic (exact) mass is 169 g/mol. The summed E-state index contributed by atoms with van der Waals surface area (Å²) in [5.74, 6) is 0. The van der Waals surface area contributed by atoms with E-state index in [9.17, 15) is 0 Å². The second kappa shape index (κ2) is 6.10. The maximum atomic E-state index is 2.36. The van der Waals surface area contributed by atoms with E-state index < -0.39 is 0 Å². The van der Waals surface area contributed by atoms with Crippen molar-refractivity contribution >= 4 is 0 Å². The first-order valence-corrected chi connectivity index (χ1v) is 5.03. The van der Waals surface area contributed by atoms with Crippen LogP contribution in [-0.2, 0) is 0 Å². The second-order valence-corrected chi connectivity index (χ2v) is 3.50. The van der Waals surface area contributed by atoms with Gasteiger partial charge in [0.1, 0.15) is 0 Å². The normalized spacial score (nSPS) is 14.6. The summed E-state index contributed by atoms with van der Waals surface area (Å²) in [7, 11) is 2.18. The Morgan fingerprint density at radius 2 is 2.00 bits per heavy atom. The van der Waals surface area contributed by atoms with E-state index in [1.54, 1.807) is 0 Å². The highest BCUT2D eigenvalue weighted by molar-refractivity contribution is 4.97. The van der Waals surface area contributed by atoms with E-state index in [1.165, 1.54) is 25.0 Å². The standard InChI is InChI=1S/C11H23N/c1-6-8-9-11(4)12(5)10(3)7-2/h9-10H,6-8H2,1-5H3/b11-9+/t10-/m0/s1. The van der Waals surface area contributed by atoms with E-state index in [0.29, 0.717) is 6.04 Å². The number of unbranched alkanes of at least 4 members (excludes halogenated alkanes) is 1. The number of hydrogen-bond donors (Lipinski definition) is 0. The zero-order chi connectivity index (χ0) is 9.56. The van der Waals surface area contributed by atoms with Gasteiger partial charge < -0.3 is 4.90 Å². The Morgan fingerprint density at radius 1 is 1.42 bits per heavy atom. The lowest BCUT2D eigenvalue weighted by Gasteiger charge is -2.26. The van der Waals surface area contributed by atoms with Crippen molar-refractivity contribution in [2.75, 3.05) is 7.05 Å². The molecule has 0 heterocycles. The van der Waals surface area contributed by atoms with Crippen molar-refractivity contribution in [1.29, 1.82) is 0 Å². The van der Waals surface area contributed by atoms with E-state index in [2.05, 4.69) is 45.7 Å². The number of allylic oxidation sites excluding steroid dienone is 2. The van der Waals surface area contributed by atoms with Crippen LogP contribution < -0.4 is 0 Å². The zero-order valence-electron chi connectivity index (χ0n) is 9.22. The molecule has 0 aromatic rings. The highest BCUT2D eigenvalue weighted by Gasteiger charge is 2.05. The van der Waals surface area contributed by atoms with Crippen LogP contribution in [0.5, 0.6) is 0 Å². The van der Waals surface area contributed by atoms with Crippen LogP contribution in [0.2, 0.25) is 0 Å². The van der Waals surface area contributed by atoms with Gasteiger partial charge in [-0.25, -0.2) is 0 Å². The predicted octanol–water partition coefficient (Wildman–Crippen LogP) is 3.42. The molecule has 0 spiro atoms. The molecule has 0 saturated carbocycles. The lowest BCUT2D eigenvalue weighted by molar-refractivity contribution is 0.315. The molecule has 0 saturated heterocycles. The van der Waals surface area contributed by atoms with Crippen LogP contribution in [0.4, 0.5) is 0 Å². The maximum absolute atomic E-state index is 2.36. The molecule has 1 atom stereocenters. The molecular formula is C11H23N. The van der Waals surface area contributed by atoms with Crippen LogP contribution in [0.3, 0.4) is 0 Å². The Balaban J connectivity index is 3.98. The average Bonchev–Trinajstić information content (AvgIpc) is 2.11. The lowest BCUT2D eigenvalue weighted by atomic mass is 10.2. The van der Waals surface area contributed by atoms with Gasteiger partial charge in [-0.1, -0.05) is 26.3 Å². The van der Waals surface area contributed by atoms with Crippen LogP contribution >= 0.6 is 0 Å². The molecule has 0 aromatic heterocycles. The summed E-state index contributed by atoms with van der Waals surface area (Å²) in [6.45, 7) is 8.91. The van der Waals surface area contributed by atoms with Gasteiger partial charge in [-0.15, -0.1) is 0 Å². The van der Waals surface area contributed by atoms with Gasteiger partial charge in [-0.05, 0) is 26.7 Å². The minimum atomic E-state index is 0.665. The molecule has 0 amide bonds. The van der Waals surface area contributed by atoms with Gasteiger partial charge in [0.25, 0.3) is 0 Å². The molecule has 0 aliphatic heterocycles. The van der Waals surface area contributed by atoms with Crippen molar-refractivity contribution in [2.45, 2.75) is 53.0 Å². The van der Waals surface area contributed by atoms with Crippen molar-refractivity contribution in [2.24, 2.45) is 0 Å². The van der Waals surface area contributed by atoms with Crippen LogP contribution in [0.1, 0.15) is 47.0 Å². The minimum Gasteiger partial charge on any atom is -0.376 e. The van der Waals surface area contributed by atoms with E-state index in [-0.39, 0.29) is 0 Å². The van der Waals surface area contributed by atoms with E-state index in [0.717, 1.165) is 0 Å². The summed E-state index contributed by atoms with van der Waals surface area (Å²) in [6.07, 6.45) is 5.98. The van der Waals surface area contributed by atoms with Crippen LogP contribution in [0, 0.1) is 0 Å². The molecule has 0 aliphatic carbocycles. The lowest BCUT2D eigenvalue weighted by Crippen LogP contribution is -2.26. The van der Waals surface area contributed by atoms with Gasteiger partial charge in [-0.3, -0.25) is 0 Å². The van der Waals surface area contributed by atoms with Gasteiger partial charge in [-0.2, -0.15) is 0 Å². The summed E-state index contributed by atoms with van der Waals surface area (Å²) in [6, 6.07) is 0.665. The molecular weight excluding hydrogens is 146 g/mol. The fourth-order valence-electron chi connectivity index (χ4n) is 1.12. The molecule has 12 heavy (non-hydrogen) atoms. The largest absolute Gasteiger partial charge is 0.376 e. The van der Waals surface area contributed by atoms with Crippen molar-refractivity contribution in [3.05, 3.63) is 11.8 Å². The van der Waals surface area contributed by atoms with Gasteiger partial charge in [0.05, 0.1) is 0 Å². The van der Waals surface area contributed by atoms with Crippen LogP contribution in [0.15, 0.2) is 11.8 Å². The van der Waals surface area contributed by atoms with Gasteiger partial charge in [0.15, 0.2) is 0 Å². The molecule has 1 nitrogen and oxygen atoms in total. The Morgan fingerprint density at radius 3 is 2.42 bits per heavy atom. The molecule has 0 radical (unpaired) electrons. The summed E-state index contributed by atoms with van der Waals surface area (Å²) in [5, 5.41) is 0. The highest BCUT2D eigenvalue weighted by Crippen LogP contribution is 2.09. The van der Waals surface area contributed by atoms with Crippen LogP contribution in [-0.4, -0.2) is 18.0 Å². The Bertz CT molecular complexity index is 138. The second-order valence-electron chi connectivity index (χ2n) is 3.50. The van der Waals surface area contributed by atoms with Gasteiger partial charge in [0.2, 0.25) is 0 Å². The van der Waals surface area contributed by atoms with E-state index in [4.69, 9.17) is 0 Å². The third-order valence-corrected chi connectivity index (χ3v) is 2.54. The fraction of sp³-hybridized carbons (Fsp3) is 0.818. The van der Waals surface area contributed by atoms with Crippen molar-refractivity contribution in [3.8, 4) is 0 Å². The molecule has 72 valence electrons. The number of rotatable bonds is 5. The Kier molecular flexibility index (Phi) is 5.87. The third kappa shape index (κ3) is 3.80. The molecule has 0 unspecified atom stereocenters. The van der Waals surface area contributed by atoms with Gasteiger partial charge >= 0.3 is 0 Å². The number of nitrogens with zero attached hydrogens (tertiary/aromatic N) is 1.